The van der Waals surface area contributed by atoms with Crippen molar-refractivity contribution in [2.24, 2.45) is 0 Å². The van der Waals surface area contributed by atoms with Crippen LogP contribution in [0.5, 0.6) is 0 Å². The van der Waals surface area contributed by atoms with Crippen LogP contribution in [0.25, 0.3) is 0 Å². The highest BCUT2D eigenvalue weighted by Crippen LogP contribution is 2.53. The van der Waals surface area contributed by atoms with Crippen LogP contribution in [0.4, 0.5) is 0 Å². The van der Waals surface area contributed by atoms with E-state index in [2.05, 4.69) is 0 Å². The van der Waals surface area contributed by atoms with E-state index in [-0.39, 0.29) is 17.2 Å². The Kier molecular flexibility index (Phi) is 3.51. The molecule has 1 amide bonds. The molecule has 2 heterocycles. The van der Waals surface area contributed by atoms with Gasteiger partial charge in [0.2, 0.25) is 0 Å². The number of hydrogen-bond donors (Lipinski definition) is 1. The third-order valence-electron chi connectivity index (χ3n) is 5.77. The average molecular weight is 311 g/mol. The first-order valence-corrected chi connectivity index (χ1v) is 9.59. The minimum Gasteiger partial charge on any atom is -0.349 e. The minimum atomic E-state index is -1.34. The molecule has 4 nitrogen and oxygen atoms in total. The number of ether oxygens (including phenoxy) is 1. The van der Waals surface area contributed by atoms with Gasteiger partial charge >= 0.3 is 0 Å². The molecule has 21 heavy (non-hydrogen) atoms. The lowest BCUT2D eigenvalue weighted by molar-refractivity contribution is -0.282. The lowest BCUT2D eigenvalue weighted by Crippen LogP contribution is -2.55. The molecule has 2 bridgehead atoms. The average Bonchev–Trinajstić information content (AvgIpc) is 2.61. The summed E-state index contributed by atoms with van der Waals surface area (Å²) in [4.78, 5) is 15.0. The van der Waals surface area contributed by atoms with Crippen molar-refractivity contribution in [3.8, 4) is 0 Å². The highest BCUT2D eigenvalue weighted by atomic mass is 32.2. The van der Waals surface area contributed by atoms with Gasteiger partial charge in [-0.1, -0.05) is 25.7 Å². The van der Waals surface area contributed by atoms with Crippen molar-refractivity contribution in [3.05, 3.63) is 0 Å². The van der Waals surface area contributed by atoms with Crippen molar-refractivity contribution in [3.63, 3.8) is 0 Å². The number of fused-ring (bicyclic) bond motifs is 1. The number of carbonyl (C=O) groups is 1. The van der Waals surface area contributed by atoms with Crippen LogP contribution in [0, 0.1) is 0 Å². The van der Waals surface area contributed by atoms with Gasteiger partial charge in [0.15, 0.2) is 5.60 Å². The van der Waals surface area contributed by atoms with Crippen LogP contribution in [0.2, 0.25) is 0 Å². The molecule has 4 aliphatic rings. The van der Waals surface area contributed by atoms with Gasteiger partial charge in [0.1, 0.15) is 0 Å². The predicted molar refractivity (Wildman–Crippen MR) is 81.8 cm³/mol. The summed E-state index contributed by atoms with van der Waals surface area (Å²) in [6.07, 6.45) is 10.2. The molecular formula is C16H25NO3S. The van der Waals surface area contributed by atoms with E-state index in [1.165, 1.54) is 12.8 Å². The van der Waals surface area contributed by atoms with E-state index >= 15 is 0 Å². The van der Waals surface area contributed by atoms with Crippen LogP contribution >= 0.6 is 11.8 Å². The Balaban J connectivity index is 1.70. The second-order valence-electron chi connectivity index (χ2n) is 7.06. The van der Waals surface area contributed by atoms with Gasteiger partial charge < -0.3 is 9.84 Å². The number of nitrogens with zero attached hydrogens (tertiary/aromatic N) is 1. The first-order valence-electron chi connectivity index (χ1n) is 8.54. The molecule has 4 fully saturated rings. The van der Waals surface area contributed by atoms with Gasteiger partial charge in [0, 0.05) is 23.5 Å². The standard InChI is InChI=1S/C16H25NO3S/c18-14-15-9-5-4-8-13(15)21-11-10-16(19,20-15)17(14)12-6-2-1-3-7-12/h12-13,19H,1-11H2/t13?,15-,16+/m1/s1. The fourth-order valence-corrected chi connectivity index (χ4v) is 6.27. The Morgan fingerprint density at radius 1 is 1.10 bits per heavy atom. The first-order chi connectivity index (χ1) is 10.2. The van der Waals surface area contributed by atoms with E-state index in [1.807, 2.05) is 11.8 Å². The molecule has 0 aromatic carbocycles. The molecule has 2 aliphatic carbocycles. The zero-order chi connectivity index (χ0) is 14.5. The van der Waals surface area contributed by atoms with Gasteiger partial charge in [0.05, 0.1) is 0 Å². The van der Waals surface area contributed by atoms with E-state index in [0.29, 0.717) is 6.42 Å². The van der Waals surface area contributed by atoms with E-state index in [1.54, 1.807) is 4.90 Å². The molecule has 0 radical (unpaired) electrons. The van der Waals surface area contributed by atoms with Crippen molar-refractivity contribution in [1.82, 2.24) is 4.90 Å². The lowest BCUT2D eigenvalue weighted by Gasteiger charge is -2.40. The number of thioether (sulfide) groups is 1. The molecule has 3 atom stereocenters. The maximum Gasteiger partial charge on any atom is 0.260 e. The quantitative estimate of drug-likeness (QED) is 0.809. The Bertz CT molecular complexity index is 439. The maximum atomic E-state index is 13.2. The van der Waals surface area contributed by atoms with Gasteiger partial charge in [-0.05, 0) is 32.1 Å². The third-order valence-corrected chi connectivity index (χ3v) is 7.23. The lowest BCUT2D eigenvalue weighted by atomic mass is 9.83. The van der Waals surface area contributed by atoms with E-state index < -0.39 is 11.5 Å². The summed E-state index contributed by atoms with van der Waals surface area (Å²) in [6, 6.07) is 0.182. The van der Waals surface area contributed by atoms with Crippen LogP contribution in [-0.2, 0) is 9.53 Å². The monoisotopic (exact) mass is 311 g/mol. The highest BCUT2D eigenvalue weighted by Gasteiger charge is 2.66. The van der Waals surface area contributed by atoms with Crippen LogP contribution in [0.1, 0.15) is 64.2 Å². The molecule has 1 spiro atoms. The molecule has 2 aliphatic heterocycles. The maximum absolute atomic E-state index is 13.2. The highest BCUT2D eigenvalue weighted by molar-refractivity contribution is 8.00. The SMILES string of the molecule is O=C1N(C2CCCCC2)[C@]2(O)CCSC3CCCC[C@]13O2. The second-order valence-corrected chi connectivity index (χ2v) is 8.37. The molecule has 0 aromatic rings. The molecule has 1 unspecified atom stereocenters. The largest absolute Gasteiger partial charge is 0.349 e. The van der Waals surface area contributed by atoms with E-state index in [0.717, 1.165) is 50.7 Å². The van der Waals surface area contributed by atoms with Crippen molar-refractivity contribution in [2.75, 3.05) is 5.75 Å². The summed E-state index contributed by atoms with van der Waals surface area (Å²) in [6.45, 7) is 0. The summed E-state index contributed by atoms with van der Waals surface area (Å²) in [5.74, 6) is -0.355. The smallest absolute Gasteiger partial charge is 0.260 e. The third kappa shape index (κ3) is 2.07. The molecule has 118 valence electrons. The Morgan fingerprint density at radius 2 is 1.86 bits per heavy atom. The first kappa shape index (κ1) is 14.3. The molecular weight excluding hydrogens is 286 g/mol. The Labute approximate surface area is 130 Å². The molecule has 5 heteroatoms. The molecule has 0 aromatic heterocycles. The number of hydrogen-bond acceptors (Lipinski definition) is 4. The fraction of sp³-hybridized carbons (Fsp3) is 0.938. The van der Waals surface area contributed by atoms with Crippen LogP contribution in [0.15, 0.2) is 0 Å². The molecule has 2 saturated carbocycles. The van der Waals surface area contributed by atoms with Gasteiger partial charge in [0.25, 0.3) is 11.8 Å². The summed E-state index contributed by atoms with van der Waals surface area (Å²) in [5.41, 5.74) is -0.731. The topological polar surface area (TPSA) is 49.8 Å². The van der Waals surface area contributed by atoms with Crippen molar-refractivity contribution >= 4 is 17.7 Å². The van der Waals surface area contributed by atoms with E-state index in [4.69, 9.17) is 4.74 Å². The number of aliphatic hydroxyl groups is 1. The summed E-state index contributed by atoms with van der Waals surface area (Å²) < 4.78 is 6.19. The molecule has 4 rings (SSSR count). The summed E-state index contributed by atoms with van der Waals surface area (Å²) >= 11 is 1.84. The summed E-state index contributed by atoms with van der Waals surface area (Å²) in [7, 11) is 0. The number of carbonyl (C=O) groups excluding carboxylic acids is 1. The number of amides is 1. The molecule has 2 saturated heterocycles. The predicted octanol–water partition coefficient (Wildman–Crippen LogP) is 2.64. The summed E-state index contributed by atoms with van der Waals surface area (Å²) in [5, 5.41) is 11.3. The number of rotatable bonds is 1. The van der Waals surface area contributed by atoms with Crippen molar-refractivity contribution in [1.29, 1.82) is 0 Å². The van der Waals surface area contributed by atoms with Gasteiger partial charge in [-0.3, -0.25) is 9.69 Å². The van der Waals surface area contributed by atoms with Crippen LogP contribution < -0.4 is 0 Å². The Morgan fingerprint density at radius 3 is 2.67 bits per heavy atom. The molecule has 1 N–H and O–H groups in total. The minimum absolute atomic E-state index is 0.0915. The normalized spacial score (nSPS) is 44.5. The van der Waals surface area contributed by atoms with Crippen LogP contribution in [-0.4, -0.2) is 44.5 Å². The zero-order valence-corrected chi connectivity index (χ0v) is 13.4. The van der Waals surface area contributed by atoms with Gasteiger partial charge in [-0.2, -0.15) is 11.8 Å². The second kappa shape index (κ2) is 5.14. The Hall–Kier alpha value is -0.260. The van der Waals surface area contributed by atoms with E-state index in [9.17, 15) is 9.90 Å². The van der Waals surface area contributed by atoms with Gasteiger partial charge in [-0.25, -0.2) is 0 Å². The van der Waals surface area contributed by atoms with Crippen molar-refractivity contribution < 1.29 is 14.6 Å². The fourth-order valence-electron chi connectivity index (χ4n) is 4.73. The zero-order valence-electron chi connectivity index (χ0n) is 12.6. The van der Waals surface area contributed by atoms with Crippen molar-refractivity contribution in [2.45, 2.75) is 87.0 Å². The van der Waals surface area contributed by atoms with Gasteiger partial charge in [-0.15, -0.1) is 0 Å². The van der Waals surface area contributed by atoms with Crippen LogP contribution in [0.3, 0.4) is 0 Å².